The van der Waals surface area contributed by atoms with E-state index >= 15 is 0 Å². The molecule has 3 aromatic heterocycles. The van der Waals surface area contributed by atoms with Gasteiger partial charge in [-0.1, -0.05) is 24.3 Å². The number of alkyl halides is 2. The molecular formula is C41H44F2N8O3. The van der Waals surface area contributed by atoms with Crippen LogP contribution < -0.4 is 16.0 Å². The molecular weight excluding hydrogens is 691 g/mol. The maximum Gasteiger partial charge on any atom is 0.408 e. The number of carbonyl (C=O) groups excluding carboxylic acids is 2. The van der Waals surface area contributed by atoms with Crippen LogP contribution in [0.15, 0.2) is 79.0 Å². The standard InChI is InChI=1S/C41H44F2N8O3/c1-39(2,3)54-38(53)48-40(18-6-19-40)27-10-12-29(13-11-27)51-35(31-9-5-21-45-34(31)44)47-33-15-14-32(46-36(33)51)26-7-4-8-30(25-26)49-22-16-28(17-23-49)50-24-20-41(42,43)37(50)52/h4-5,7-15,21,25,28H,6,16-20,22-24H2,1-3H3,(H2,44,45)(H,48,53). The summed E-state index contributed by atoms with van der Waals surface area (Å²) in [7, 11) is 0. The van der Waals surface area contributed by atoms with Crippen LogP contribution in [-0.2, 0) is 15.1 Å². The van der Waals surface area contributed by atoms with E-state index in [1.165, 1.54) is 4.90 Å². The van der Waals surface area contributed by atoms with E-state index in [-0.39, 0.29) is 12.6 Å². The van der Waals surface area contributed by atoms with Crippen LogP contribution in [0, 0.1) is 0 Å². The van der Waals surface area contributed by atoms with Gasteiger partial charge in [0.1, 0.15) is 16.9 Å². The van der Waals surface area contributed by atoms with E-state index in [1.54, 1.807) is 6.20 Å². The van der Waals surface area contributed by atoms with Gasteiger partial charge in [-0.2, -0.15) is 8.78 Å². The zero-order valence-corrected chi connectivity index (χ0v) is 30.7. The molecule has 11 nitrogen and oxygen atoms in total. The first-order valence-electron chi connectivity index (χ1n) is 18.6. The third-order valence-electron chi connectivity index (χ3n) is 10.9. The van der Waals surface area contributed by atoms with Gasteiger partial charge in [-0.05, 0) is 107 Å². The molecule has 5 aromatic rings. The molecule has 2 aromatic carbocycles. The molecule has 1 aliphatic carbocycles. The van der Waals surface area contributed by atoms with Gasteiger partial charge in [-0.25, -0.2) is 19.7 Å². The molecule has 8 rings (SSSR count). The highest BCUT2D eigenvalue weighted by Crippen LogP contribution is 2.42. The van der Waals surface area contributed by atoms with Crippen molar-refractivity contribution in [3.8, 4) is 28.3 Å². The largest absolute Gasteiger partial charge is 0.444 e. The Kier molecular flexibility index (Phi) is 8.77. The van der Waals surface area contributed by atoms with Gasteiger partial charge in [0.15, 0.2) is 11.5 Å². The fourth-order valence-corrected chi connectivity index (χ4v) is 7.92. The van der Waals surface area contributed by atoms with Gasteiger partial charge in [-0.15, -0.1) is 0 Å². The average molecular weight is 735 g/mol. The molecule has 0 atom stereocenters. The molecule has 0 radical (unpaired) electrons. The number of pyridine rings is 2. The number of alkyl carbamates (subject to hydrolysis) is 1. The first kappa shape index (κ1) is 35.4. The number of imidazole rings is 1. The van der Waals surface area contributed by atoms with E-state index < -0.39 is 35.5 Å². The Hall–Kier alpha value is -5.59. The van der Waals surface area contributed by atoms with Crippen LogP contribution in [0.5, 0.6) is 0 Å². The highest BCUT2D eigenvalue weighted by Gasteiger charge is 2.50. The van der Waals surface area contributed by atoms with Crippen LogP contribution in [-0.4, -0.2) is 73.6 Å². The molecule has 13 heteroatoms. The van der Waals surface area contributed by atoms with Crippen LogP contribution in [0.3, 0.4) is 0 Å². The van der Waals surface area contributed by atoms with Crippen LogP contribution >= 0.6 is 0 Å². The molecule has 0 spiro atoms. The zero-order chi connectivity index (χ0) is 37.8. The average Bonchev–Trinajstić information content (AvgIpc) is 3.64. The van der Waals surface area contributed by atoms with Gasteiger partial charge in [0.2, 0.25) is 0 Å². The molecule has 0 unspecified atom stereocenters. The van der Waals surface area contributed by atoms with Crippen molar-refractivity contribution < 1.29 is 23.1 Å². The molecule has 2 aliphatic heterocycles. The first-order valence-corrected chi connectivity index (χ1v) is 18.6. The van der Waals surface area contributed by atoms with E-state index in [1.807, 2.05) is 92.1 Å². The van der Waals surface area contributed by atoms with Crippen LogP contribution in [0.2, 0.25) is 0 Å². The van der Waals surface area contributed by atoms with E-state index in [0.29, 0.717) is 54.3 Å². The fraction of sp³-hybridized carbons (Fsp3) is 0.390. The van der Waals surface area contributed by atoms with Crippen LogP contribution in [0.4, 0.5) is 25.1 Å². The van der Waals surface area contributed by atoms with Crippen LogP contribution in [0.1, 0.15) is 64.9 Å². The number of aromatic nitrogens is 4. The van der Waals surface area contributed by atoms with Crippen molar-refractivity contribution in [2.45, 2.75) is 82.4 Å². The number of halogens is 2. The minimum atomic E-state index is -3.25. The lowest BCUT2D eigenvalue weighted by Crippen LogP contribution is -2.52. The molecule has 0 bridgehead atoms. The molecule has 1 saturated carbocycles. The summed E-state index contributed by atoms with van der Waals surface area (Å²) >= 11 is 0. The number of rotatable bonds is 7. The molecule has 3 N–H and O–H groups in total. The summed E-state index contributed by atoms with van der Waals surface area (Å²) in [5.74, 6) is -3.33. The minimum absolute atomic E-state index is 0.113. The van der Waals surface area contributed by atoms with Gasteiger partial charge >= 0.3 is 12.0 Å². The molecule has 2 saturated heterocycles. The molecule has 2 amide bonds. The number of hydrogen-bond acceptors (Lipinski definition) is 8. The summed E-state index contributed by atoms with van der Waals surface area (Å²) in [6.07, 6.45) is 4.71. The summed E-state index contributed by atoms with van der Waals surface area (Å²) in [5, 5.41) is 3.14. The summed E-state index contributed by atoms with van der Waals surface area (Å²) in [4.78, 5) is 43.2. The minimum Gasteiger partial charge on any atom is -0.444 e. The number of benzene rings is 2. The molecule has 3 aliphatic rings. The van der Waals surface area contributed by atoms with E-state index in [0.717, 1.165) is 47.5 Å². The van der Waals surface area contributed by atoms with Crippen molar-refractivity contribution >= 4 is 34.7 Å². The number of hydrogen-bond donors (Lipinski definition) is 2. The van der Waals surface area contributed by atoms with Crippen molar-refractivity contribution in [1.82, 2.24) is 29.7 Å². The predicted octanol–water partition coefficient (Wildman–Crippen LogP) is 7.47. The van der Waals surface area contributed by atoms with Gasteiger partial charge in [0, 0.05) is 55.2 Å². The number of fused-ring (bicyclic) bond motifs is 1. The van der Waals surface area contributed by atoms with Crippen molar-refractivity contribution in [3.63, 3.8) is 0 Å². The van der Waals surface area contributed by atoms with Gasteiger partial charge in [0.25, 0.3) is 5.91 Å². The quantitative estimate of drug-likeness (QED) is 0.176. The Morgan fingerprint density at radius 1 is 0.926 bits per heavy atom. The van der Waals surface area contributed by atoms with E-state index in [9.17, 15) is 18.4 Å². The number of nitrogens with two attached hydrogens (primary N) is 1. The predicted molar refractivity (Wildman–Crippen MR) is 203 cm³/mol. The maximum absolute atomic E-state index is 13.9. The fourth-order valence-electron chi connectivity index (χ4n) is 7.92. The monoisotopic (exact) mass is 734 g/mol. The number of nitrogens with one attached hydrogen (secondary N) is 1. The summed E-state index contributed by atoms with van der Waals surface area (Å²) in [5.41, 5.74) is 11.8. The third-order valence-corrected chi connectivity index (χ3v) is 10.9. The van der Waals surface area contributed by atoms with E-state index in [4.69, 9.17) is 20.4 Å². The van der Waals surface area contributed by atoms with Crippen molar-refractivity contribution in [2.75, 3.05) is 30.3 Å². The second kappa shape index (κ2) is 13.4. The molecule has 54 heavy (non-hydrogen) atoms. The molecule has 5 heterocycles. The summed E-state index contributed by atoms with van der Waals surface area (Å²) < 4.78 is 35.4. The lowest BCUT2D eigenvalue weighted by atomic mass is 9.72. The number of likely N-dealkylation sites (tertiary alicyclic amines) is 1. The van der Waals surface area contributed by atoms with Crippen LogP contribution in [0.25, 0.3) is 39.5 Å². The number of amides is 2. The molecule has 280 valence electrons. The highest BCUT2D eigenvalue weighted by atomic mass is 19.3. The maximum atomic E-state index is 13.9. The zero-order valence-electron chi connectivity index (χ0n) is 30.7. The Labute approximate surface area is 312 Å². The summed E-state index contributed by atoms with van der Waals surface area (Å²) in [6.45, 7) is 6.98. The number of nitrogens with zero attached hydrogens (tertiary/aromatic N) is 6. The van der Waals surface area contributed by atoms with Gasteiger partial charge < -0.3 is 25.6 Å². The van der Waals surface area contributed by atoms with Gasteiger partial charge in [-0.3, -0.25) is 9.36 Å². The smallest absolute Gasteiger partial charge is 0.408 e. The van der Waals surface area contributed by atoms with Gasteiger partial charge in [0.05, 0.1) is 16.8 Å². The lowest BCUT2D eigenvalue weighted by molar-refractivity contribution is -0.149. The van der Waals surface area contributed by atoms with Crippen molar-refractivity contribution in [3.05, 3.63) is 84.6 Å². The Morgan fingerprint density at radius 3 is 2.33 bits per heavy atom. The second-order valence-corrected chi connectivity index (χ2v) is 15.6. The molecule has 3 fully saturated rings. The Bertz CT molecular complexity index is 2220. The SMILES string of the molecule is CC(C)(C)OC(=O)NC1(c2ccc(-n3c(-c4cccnc4N)nc4ccc(-c5cccc(N6CCC(N7CCC(F)(F)C7=O)CC6)c5)nc43)cc2)CCC1. The van der Waals surface area contributed by atoms with E-state index in [2.05, 4.69) is 21.3 Å². The second-order valence-electron chi connectivity index (χ2n) is 15.6. The summed E-state index contributed by atoms with van der Waals surface area (Å²) in [6, 6.07) is 23.7. The normalized spacial score (nSPS) is 18.5. The number of ether oxygens (including phenoxy) is 1. The number of piperidine rings is 1. The van der Waals surface area contributed by atoms with Crippen molar-refractivity contribution in [1.29, 1.82) is 0 Å². The Balaban J connectivity index is 1.10. The topological polar surface area (TPSA) is 132 Å². The Morgan fingerprint density at radius 2 is 1.69 bits per heavy atom. The number of anilines is 2. The number of nitrogen functional groups attached to an aromatic ring is 1. The first-order chi connectivity index (χ1) is 25.8. The highest BCUT2D eigenvalue weighted by molar-refractivity contribution is 5.86. The lowest BCUT2D eigenvalue weighted by Gasteiger charge is -2.43. The number of carbonyl (C=O) groups is 2. The van der Waals surface area contributed by atoms with Crippen molar-refractivity contribution in [2.24, 2.45) is 0 Å². The third kappa shape index (κ3) is 6.60.